The van der Waals surface area contributed by atoms with Crippen molar-refractivity contribution in [3.05, 3.63) is 0 Å². The SMILES string of the molecule is CCC(C(=O)O)N(C(CC)C(=O)O)C(CC)C(=O)O. The zero-order chi connectivity index (χ0) is 15.2. The van der Waals surface area contributed by atoms with Crippen molar-refractivity contribution in [2.45, 2.75) is 58.2 Å². The van der Waals surface area contributed by atoms with Gasteiger partial charge in [-0.15, -0.1) is 0 Å². The molecule has 7 heteroatoms. The molecular formula is C12H21NO6. The Morgan fingerprint density at radius 2 is 0.947 bits per heavy atom. The lowest BCUT2D eigenvalue weighted by molar-refractivity contribution is -0.159. The second-order valence-electron chi connectivity index (χ2n) is 4.23. The van der Waals surface area contributed by atoms with Gasteiger partial charge in [-0.25, -0.2) is 0 Å². The molecule has 0 aliphatic heterocycles. The van der Waals surface area contributed by atoms with Gasteiger partial charge in [0.15, 0.2) is 0 Å². The number of aliphatic carboxylic acids is 3. The van der Waals surface area contributed by atoms with Crippen molar-refractivity contribution in [1.29, 1.82) is 0 Å². The van der Waals surface area contributed by atoms with Crippen LogP contribution in [0, 0.1) is 0 Å². The van der Waals surface area contributed by atoms with Crippen molar-refractivity contribution >= 4 is 17.9 Å². The van der Waals surface area contributed by atoms with Crippen LogP contribution in [0.5, 0.6) is 0 Å². The van der Waals surface area contributed by atoms with E-state index in [0.717, 1.165) is 4.90 Å². The van der Waals surface area contributed by atoms with Crippen LogP contribution in [0.3, 0.4) is 0 Å². The number of rotatable bonds is 9. The average Bonchev–Trinajstić information content (AvgIpc) is 2.29. The van der Waals surface area contributed by atoms with E-state index in [1.54, 1.807) is 20.8 Å². The Kier molecular flexibility index (Phi) is 7.06. The quantitative estimate of drug-likeness (QED) is 0.572. The second-order valence-corrected chi connectivity index (χ2v) is 4.23. The van der Waals surface area contributed by atoms with E-state index in [2.05, 4.69) is 0 Å². The largest absolute Gasteiger partial charge is 0.480 e. The number of nitrogens with zero attached hydrogens (tertiary/aromatic N) is 1. The van der Waals surface area contributed by atoms with Gasteiger partial charge in [-0.1, -0.05) is 20.8 Å². The van der Waals surface area contributed by atoms with Crippen LogP contribution in [-0.4, -0.2) is 56.3 Å². The fourth-order valence-corrected chi connectivity index (χ4v) is 2.19. The Balaban J connectivity index is 5.62. The molecule has 0 fully saturated rings. The van der Waals surface area contributed by atoms with E-state index in [-0.39, 0.29) is 19.3 Å². The molecule has 0 rings (SSSR count). The molecule has 0 aromatic heterocycles. The first-order valence-electron chi connectivity index (χ1n) is 6.27. The molecule has 0 aliphatic rings. The Morgan fingerprint density at radius 3 is 1.05 bits per heavy atom. The van der Waals surface area contributed by atoms with Crippen molar-refractivity contribution in [2.75, 3.05) is 0 Å². The van der Waals surface area contributed by atoms with Crippen LogP contribution >= 0.6 is 0 Å². The summed E-state index contributed by atoms with van der Waals surface area (Å²) in [7, 11) is 0. The van der Waals surface area contributed by atoms with Gasteiger partial charge in [-0.3, -0.25) is 19.3 Å². The summed E-state index contributed by atoms with van der Waals surface area (Å²) in [5.41, 5.74) is 0. The minimum absolute atomic E-state index is 0.142. The molecule has 0 spiro atoms. The van der Waals surface area contributed by atoms with Crippen LogP contribution in [0.2, 0.25) is 0 Å². The molecule has 0 radical (unpaired) electrons. The van der Waals surface area contributed by atoms with E-state index in [1.165, 1.54) is 0 Å². The van der Waals surface area contributed by atoms with Crippen molar-refractivity contribution in [3.63, 3.8) is 0 Å². The summed E-state index contributed by atoms with van der Waals surface area (Å²) in [6, 6.07) is -3.37. The van der Waals surface area contributed by atoms with Gasteiger partial charge >= 0.3 is 17.9 Å². The highest BCUT2D eigenvalue weighted by Gasteiger charge is 2.40. The summed E-state index contributed by atoms with van der Waals surface area (Å²) in [4.78, 5) is 34.8. The summed E-state index contributed by atoms with van der Waals surface area (Å²) in [6.45, 7) is 4.78. The van der Waals surface area contributed by atoms with Crippen LogP contribution in [0.4, 0.5) is 0 Å². The maximum atomic E-state index is 11.2. The smallest absolute Gasteiger partial charge is 0.320 e. The first-order chi connectivity index (χ1) is 8.81. The number of carboxylic acids is 3. The standard InChI is InChI=1S/C12H21NO6/c1-4-7(10(14)15)13(8(5-2)11(16)17)9(6-3)12(18)19/h7-9H,4-6H2,1-3H3,(H,14,15)(H,16,17)(H,18,19). The first-order valence-corrected chi connectivity index (χ1v) is 6.27. The van der Waals surface area contributed by atoms with Gasteiger partial charge in [0.2, 0.25) is 0 Å². The normalized spacial score (nSPS) is 15.8. The fourth-order valence-electron chi connectivity index (χ4n) is 2.19. The highest BCUT2D eigenvalue weighted by molar-refractivity contribution is 5.81. The average molecular weight is 275 g/mol. The highest BCUT2D eigenvalue weighted by Crippen LogP contribution is 2.19. The molecule has 3 atom stereocenters. The third-order valence-electron chi connectivity index (χ3n) is 3.09. The molecule has 3 N–H and O–H groups in total. The topological polar surface area (TPSA) is 115 Å². The van der Waals surface area contributed by atoms with Crippen molar-refractivity contribution in [2.24, 2.45) is 0 Å². The summed E-state index contributed by atoms with van der Waals surface area (Å²) in [5, 5.41) is 27.5. The van der Waals surface area contributed by atoms with Gasteiger partial charge in [-0.2, -0.15) is 0 Å². The summed E-state index contributed by atoms with van der Waals surface area (Å²) < 4.78 is 0. The summed E-state index contributed by atoms with van der Waals surface area (Å²) >= 11 is 0. The molecule has 0 bridgehead atoms. The number of carbonyl (C=O) groups is 3. The first kappa shape index (κ1) is 17.4. The molecule has 110 valence electrons. The van der Waals surface area contributed by atoms with Gasteiger partial charge in [0.1, 0.15) is 18.1 Å². The third kappa shape index (κ3) is 4.20. The number of hydrogen-bond acceptors (Lipinski definition) is 4. The van der Waals surface area contributed by atoms with Gasteiger partial charge in [0.25, 0.3) is 0 Å². The van der Waals surface area contributed by atoms with Gasteiger partial charge in [0, 0.05) is 0 Å². The zero-order valence-electron chi connectivity index (χ0n) is 11.4. The molecule has 0 amide bonds. The van der Waals surface area contributed by atoms with Gasteiger partial charge in [0.05, 0.1) is 0 Å². The van der Waals surface area contributed by atoms with E-state index >= 15 is 0 Å². The molecule has 0 saturated heterocycles. The van der Waals surface area contributed by atoms with E-state index in [4.69, 9.17) is 15.3 Å². The molecule has 19 heavy (non-hydrogen) atoms. The predicted octanol–water partition coefficient (Wildman–Crippen LogP) is 0.878. The van der Waals surface area contributed by atoms with E-state index < -0.39 is 36.0 Å². The van der Waals surface area contributed by atoms with E-state index in [1.807, 2.05) is 0 Å². The lowest BCUT2D eigenvalue weighted by atomic mass is 10.0. The molecule has 3 unspecified atom stereocenters. The van der Waals surface area contributed by atoms with Crippen molar-refractivity contribution in [1.82, 2.24) is 4.90 Å². The maximum Gasteiger partial charge on any atom is 0.320 e. The minimum Gasteiger partial charge on any atom is -0.480 e. The molecular weight excluding hydrogens is 254 g/mol. The Morgan fingerprint density at radius 1 is 0.737 bits per heavy atom. The van der Waals surface area contributed by atoms with Crippen LogP contribution < -0.4 is 0 Å². The summed E-state index contributed by atoms with van der Waals surface area (Å²) in [5.74, 6) is -3.62. The molecule has 7 nitrogen and oxygen atoms in total. The Hall–Kier alpha value is -1.63. The minimum atomic E-state index is -1.21. The summed E-state index contributed by atoms with van der Waals surface area (Å²) in [6.07, 6.45) is 0.425. The molecule has 0 aromatic carbocycles. The predicted molar refractivity (Wildman–Crippen MR) is 67.0 cm³/mol. The van der Waals surface area contributed by atoms with Crippen molar-refractivity contribution in [3.8, 4) is 0 Å². The van der Waals surface area contributed by atoms with E-state index in [0.29, 0.717) is 0 Å². The van der Waals surface area contributed by atoms with Crippen LogP contribution in [-0.2, 0) is 14.4 Å². The van der Waals surface area contributed by atoms with E-state index in [9.17, 15) is 14.4 Å². The lowest BCUT2D eigenvalue weighted by Gasteiger charge is -2.36. The maximum absolute atomic E-state index is 11.2. The van der Waals surface area contributed by atoms with Gasteiger partial charge < -0.3 is 15.3 Å². The highest BCUT2D eigenvalue weighted by atomic mass is 16.4. The zero-order valence-corrected chi connectivity index (χ0v) is 11.4. The van der Waals surface area contributed by atoms with Crippen molar-refractivity contribution < 1.29 is 29.7 Å². The lowest BCUT2D eigenvalue weighted by Crippen LogP contribution is -2.57. The third-order valence-corrected chi connectivity index (χ3v) is 3.09. The second kappa shape index (κ2) is 7.73. The van der Waals surface area contributed by atoms with Crippen LogP contribution in [0.15, 0.2) is 0 Å². The molecule has 0 saturated carbocycles. The monoisotopic (exact) mass is 275 g/mol. The molecule has 0 aromatic rings. The molecule has 0 heterocycles. The Labute approximate surface area is 111 Å². The fraction of sp³-hybridized carbons (Fsp3) is 0.750. The number of hydrogen-bond donors (Lipinski definition) is 3. The van der Waals surface area contributed by atoms with Gasteiger partial charge in [-0.05, 0) is 19.3 Å². The molecule has 0 aliphatic carbocycles. The Bertz CT molecular complexity index is 291. The number of carboxylic acid groups (broad SMARTS) is 3. The van der Waals surface area contributed by atoms with Crippen LogP contribution in [0.25, 0.3) is 0 Å². The van der Waals surface area contributed by atoms with Crippen LogP contribution in [0.1, 0.15) is 40.0 Å².